The summed E-state index contributed by atoms with van der Waals surface area (Å²) in [5.41, 5.74) is -0.200. The first-order chi connectivity index (χ1) is 6.56. The second-order valence-corrected chi connectivity index (χ2v) is 3.38. The van der Waals surface area contributed by atoms with Crippen LogP contribution in [0.4, 0.5) is 14.5 Å². The van der Waals surface area contributed by atoms with E-state index < -0.39 is 16.6 Å². The molecule has 0 heterocycles. The molecule has 0 unspecified atom stereocenters. The maximum Gasteiger partial charge on any atom is 0.275 e. The molecule has 0 bridgehead atoms. The van der Waals surface area contributed by atoms with E-state index in [4.69, 9.17) is 0 Å². The maximum atomic E-state index is 12.7. The van der Waals surface area contributed by atoms with Gasteiger partial charge in [0.05, 0.1) is 11.0 Å². The second kappa shape index (κ2) is 4.45. The van der Waals surface area contributed by atoms with Crippen LogP contribution in [0.1, 0.15) is 5.56 Å². The van der Waals surface area contributed by atoms with Crippen molar-refractivity contribution in [2.75, 3.05) is 5.33 Å². The van der Waals surface area contributed by atoms with Crippen LogP contribution in [0.3, 0.4) is 0 Å². The molecule has 1 rings (SSSR count). The molecule has 0 radical (unpaired) electrons. The Morgan fingerprint density at radius 3 is 2.43 bits per heavy atom. The minimum atomic E-state index is -1.20. The molecule has 14 heavy (non-hydrogen) atoms. The monoisotopic (exact) mass is 265 g/mol. The molecule has 0 N–H and O–H groups in total. The third kappa shape index (κ3) is 2.25. The van der Waals surface area contributed by atoms with E-state index in [0.29, 0.717) is 11.4 Å². The van der Waals surface area contributed by atoms with Gasteiger partial charge < -0.3 is 0 Å². The zero-order valence-corrected chi connectivity index (χ0v) is 8.55. The minimum absolute atomic E-state index is 0.186. The lowest BCUT2D eigenvalue weighted by molar-refractivity contribution is -0.385. The van der Waals surface area contributed by atoms with E-state index in [2.05, 4.69) is 15.9 Å². The first-order valence-corrected chi connectivity index (χ1v) is 4.86. The van der Waals surface area contributed by atoms with Crippen molar-refractivity contribution in [2.45, 2.75) is 6.42 Å². The summed E-state index contributed by atoms with van der Waals surface area (Å²) in [7, 11) is 0. The van der Waals surface area contributed by atoms with Gasteiger partial charge in [-0.25, -0.2) is 8.78 Å². The number of benzene rings is 1. The predicted octanol–water partition coefficient (Wildman–Crippen LogP) is 2.81. The Labute approximate surface area is 87.0 Å². The normalized spacial score (nSPS) is 10.2. The van der Waals surface area contributed by atoms with Crippen LogP contribution in [0.15, 0.2) is 12.1 Å². The highest BCUT2D eigenvalue weighted by atomic mass is 79.9. The molecule has 6 heteroatoms. The van der Waals surface area contributed by atoms with Crippen LogP contribution < -0.4 is 0 Å². The molecule has 1 aromatic rings. The zero-order valence-electron chi connectivity index (χ0n) is 6.97. The Morgan fingerprint density at radius 2 is 1.93 bits per heavy atom. The molecular weight excluding hydrogens is 260 g/mol. The van der Waals surface area contributed by atoms with Crippen molar-refractivity contribution in [1.29, 1.82) is 0 Å². The predicted molar refractivity (Wildman–Crippen MR) is 50.5 cm³/mol. The SMILES string of the molecule is O=[N+]([O-])c1cc(F)c(F)cc1CCBr. The topological polar surface area (TPSA) is 43.1 Å². The second-order valence-electron chi connectivity index (χ2n) is 2.59. The Morgan fingerprint density at radius 1 is 1.36 bits per heavy atom. The van der Waals surface area contributed by atoms with Crippen molar-refractivity contribution in [3.63, 3.8) is 0 Å². The van der Waals surface area contributed by atoms with Crippen LogP contribution in [-0.2, 0) is 6.42 Å². The summed E-state index contributed by atoms with van der Waals surface area (Å²) in [4.78, 5) is 9.74. The summed E-state index contributed by atoms with van der Waals surface area (Å²) in [5.74, 6) is -2.26. The van der Waals surface area contributed by atoms with E-state index in [0.717, 1.165) is 6.07 Å². The van der Waals surface area contributed by atoms with Gasteiger partial charge in [-0.05, 0) is 12.5 Å². The Hall–Kier alpha value is -1.04. The van der Waals surface area contributed by atoms with Crippen molar-refractivity contribution < 1.29 is 13.7 Å². The quantitative estimate of drug-likeness (QED) is 0.479. The fourth-order valence-corrected chi connectivity index (χ4v) is 1.48. The highest BCUT2D eigenvalue weighted by molar-refractivity contribution is 9.09. The van der Waals surface area contributed by atoms with Gasteiger partial charge in [0.25, 0.3) is 5.69 Å². The van der Waals surface area contributed by atoms with Gasteiger partial charge in [-0.3, -0.25) is 10.1 Å². The number of hydrogen-bond donors (Lipinski definition) is 0. The van der Waals surface area contributed by atoms with Gasteiger partial charge in [-0.2, -0.15) is 0 Å². The van der Waals surface area contributed by atoms with E-state index in [-0.39, 0.29) is 17.7 Å². The third-order valence-electron chi connectivity index (χ3n) is 1.68. The van der Waals surface area contributed by atoms with Crippen molar-refractivity contribution in [2.24, 2.45) is 0 Å². The van der Waals surface area contributed by atoms with Crippen molar-refractivity contribution >= 4 is 21.6 Å². The number of alkyl halides is 1. The van der Waals surface area contributed by atoms with Gasteiger partial charge in [-0.1, -0.05) is 15.9 Å². The standard InChI is InChI=1S/C8H6BrF2NO2/c9-2-1-5-3-6(10)7(11)4-8(5)12(13)14/h3-4H,1-2H2. The number of nitro groups is 1. The lowest BCUT2D eigenvalue weighted by Crippen LogP contribution is -1.99. The summed E-state index contributed by atoms with van der Waals surface area (Å²) < 4.78 is 25.4. The Balaban J connectivity index is 3.24. The summed E-state index contributed by atoms with van der Waals surface area (Å²) >= 11 is 3.07. The molecule has 1 aromatic carbocycles. The van der Waals surface area contributed by atoms with Gasteiger partial charge >= 0.3 is 0 Å². The molecule has 0 aromatic heterocycles. The van der Waals surface area contributed by atoms with Gasteiger partial charge in [0.15, 0.2) is 11.6 Å². The highest BCUT2D eigenvalue weighted by Crippen LogP contribution is 2.22. The molecule has 0 amide bonds. The maximum absolute atomic E-state index is 12.7. The van der Waals surface area contributed by atoms with E-state index in [9.17, 15) is 18.9 Å². The zero-order chi connectivity index (χ0) is 10.7. The van der Waals surface area contributed by atoms with E-state index in [1.165, 1.54) is 0 Å². The molecule has 0 atom stereocenters. The molecule has 0 saturated heterocycles. The first kappa shape index (κ1) is 11.0. The number of aryl methyl sites for hydroxylation is 1. The molecule has 0 saturated carbocycles. The molecule has 0 aliphatic rings. The van der Waals surface area contributed by atoms with Crippen LogP contribution in [0.2, 0.25) is 0 Å². The highest BCUT2D eigenvalue weighted by Gasteiger charge is 2.17. The molecule has 0 fully saturated rings. The fraction of sp³-hybridized carbons (Fsp3) is 0.250. The number of nitro benzene ring substituents is 1. The molecule has 0 aliphatic carbocycles. The lowest BCUT2D eigenvalue weighted by Gasteiger charge is -2.01. The van der Waals surface area contributed by atoms with Crippen LogP contribution in [-0.4, -0.2) is 10.3 Å². The average Bonchev–Trinajstić information content (AvgIpc) is 2.11. The smallest absolute Gasteiger partial charge is 0.258 e. The number of nitrogens with zero attached hydrogens (tertiary/aromatic N) is 1. The van der Waals surface area contributed by atoms with E-state index in [1.54, 1.807) is 0 Å². The van der Waals surface area contributed by atoms with Crippen LogP contribution in [0.25, 0.3) is 0 Å². The number of halogens is 3. The van der Waals surface area contributed by atoms with Crippen LogP contribution in [0, 0.1) is 21.7 Å². The molecule has 0 spiro atoms. The van der Waals surface area contributed by atoms with Gasteiger partial charge in [0.1, 0.15) is 0 Å². The molecule has 76 valence electrons. The van der Waals surface area contributed by atoms with E-state index in [1.807, 2.05) is 0 Å². The number of rotatable bonds is 3. The van der Waals surface area contributed by atoms with Crippen molar-refractivity contribution in [3.8, 4) is 0 Å². The molecule has 0 aliphatic heterocycles. The minimum Gasteiger partial charge on any atom is -0.258 e. The molecule has 3 nitrogen and oxygen atoms in total. The van der Waals surface area contributed by atoms with Crippen molar-refractivity contribution in [3.05, 3.63) is 39.4 Å². The van der Waals surface area contributed by atoms with Crippen molar-refractivity contribution in [1.82, 2.24) is 0 Å². The average molecular weight is 266 g/mol. The van der Waals surface area contributed by atoms with Crippen LogP contribution in [0.5, 0.6) is 0 Å². The summed E-state index contributed by atoms with van der Waals surface area (Å²) in [6, 6.07) is 1.46. The first-order valence-electron chi connectivity index (χ1n) is 3.74. The third-order valence-corrected chi connectivity index (χ3v) is 2.08. The Kier molecular flexibility index (Phi) is 3.51. The summed E-state index contributed by atoms with van der Waals surface area (Å²) in [6.45, 7) is 0. The molecular formula is C8H6BrF2NO2. The number of hydrogen-bond acceptors (Lipinski definition) is 2. The lowest BCUT2D eigenvalue weighted by atomic mass is 10.1. The fourth-order valence-electron chi connectivity index (χ4n) is 1.05. The summed E-state index contributed by atoms with van der Waals surface area (Å²) in [6.07, 6.45) is 0.285. The summed E-state index contributed by atoms with van der Waals surface area (Å²) in [5, 5.41) is 10.9. The van der Waals surface area contributed by atoms with Gasteiger partial charge in [0, 0.05) is 10.9 Å². The van der Waals surface area contributed by atoms with E-state index >= 15 is 0 Å². The Bertz CT molecular complexity index is 371. The van der Waals surface area contributed by atoms with Crippen LogP contribution >= 0.6 is 15.9 Å². The van der Waals surface area contributed by atoms with Gasteiger partial charge in [0.2, 0.25) is 0 Å². The van der Waals surface area contributed by atoms with Gasteiger partial charge in [-0.15, -0.1) is 0 Å². The largest absolute Gasteiger partial charge is 0.275 e.